The molecule has 0 saturated heterocycles. The Morgan fingerprint density at radius 3 is 2.53 bits per heavy atom. The number of hydrogen-bond donors (Lipinski definition) is 2. The highest BCUT2D eigenvalue weighted by Crippen LogP contribution is 2.35. The van der Waals surface area contributed by atoms with Gasteiger partial charge in [-0.1, -0.05) is 50.6 Å². The minimum atomic E-state index is 0.169. The number of benzene rings is 1. The van der Waals surface area contributed by atoms with Gasteiger partial charge in [0.25, 0.3) is 0 Å². The predicted octanol–water partition coefficient (Wildman–Crippen LogP) is 2.94. The molecule has 1 unspecified atom stereocenters. The van der Waals surface area contributed by atoms with Crippen molar-refractivity contribution in [1.29, 1.82) is 0 Å². The van der Waals surface area contributed by atoms with Crippen molar-refractivity contribution < 1.29 is 0 Å². The Hall–Kier alpha value is -0.860. The molecule has 1 aromatic rings. The molecule has 1 atom stereocenters. The van der Waals surface area contributed by atoms with Crippen LogP contribution in [0.2, 0.25) is 0 Å². The summed E-state index contributed by atoms with van der Waals surface area (Å²) < 4.78 is 0. The first-order valence-electron chi connectivity index (χ1n) is 5.54. The minimum absolute atomic E-state index is 0.169. The molecule has 0 radical (unpaired) electrons. The summed E-state index contributed by atoms with van der Waals surface area (Å²) in [6.07, 6.45) is 1.09. The zero-order valence-corrected chi connectivity index (χ0v) is 10.2. The second-order valence-corrected chi connectivity index (χ2v) is 4.86. The van der Waals surface area contributed by atoms with Gasteiger partial charge in [-0.15, -0.1) is 0 Å². The van der Waals surface area contributed by atoms with Gasteiger partial charge < -0.3 is 0 Å². The SMILES string of the molecule is CCC(C)(C)C(NN)c1cccc(C)c1. The standard InChI is InChI=1S/C13H22N2/c1-5-13(3,4)12(15-14)11-8-6-7-10(2)9-11/h6-9,12,15H,5,14H2,1-4H3. The number of nitrogens with one attached hydrogen (secondary N) is 1. The first-order valence-corrected chi connectivity index (χ1v) is 5.54. The van der Waals surface area contributed by atoms with Crippen LogP contribution in [0.25, 0.3) is 0 Å². The Labute approximate surface area is 92.8 Å². The van der Waals surface area contributed by atoms with Crippen LogP contribution in [0, 0.1) is 12.3 Å². The molecular weight excluding hydrogens is 184 g/mol. The maximum atomic E-state index is 5.67. The van der Waals surface area contributed by atoms with Crippen molar-refractivity contribution in [3.05, 3.63) is 35.4 Å². The quantitative estimate of drug-likeness (QED) is 0.587. The van der Waals surface area contributed by atoms with Gasteiger partial charge in [-0.25, -0.2) is 0 Å². The minimum Gasteiger partial charge on any atom is -0.271 e. The van der Waals surface area contributed by atoms with E-state index in [9.17, 15) is 0 Å². The lowest BCUT2D eigenvalue weighted by molar-refractivity contribution is 0.236. The molecule has 0 aliphatic carbocycles. The average molecular weight is 206 g/mol. The molecule has 2 nitrogen and oxygen atoms in total. The average Bonchev–Trinajstić information content (AvgIpc) is 2.18. The molecule has 3 N–H and O–H groups in total. The molecule has 0 spiro atoms. The van der Waals surface area contributed by atoms with Gasteiger partial charge in [0.2, 0.25) is 0 Å². The van der Waals surface area contributed by atoms with E-state index >= 15 is 0 Å². The number of rotatable bonds is 4. The summed E-state index contributed by atoms with van der Waals surface area (Å²) in [6, 6.07) is 8.73. The van der Waals surface area contributed by atoms with Crippen LogP contribution in [0.1, 0.15) is 44.4 Å². The van der Waals surface area contributed by atoms with Gasteiger partial charge in [0.05, 0.1) is 6.04 Å². The third-order valence-electron chi connectivity index (χ3n) is 3.23. The van der Waals surface area contributed by atoms with Crippen molar-refractivity contribution in [3.8, 4) is 0 Å². The van der Waals surface area contributed by atoms with Crippen LogP contribution >= 0.6 is 0 Å². The molecule has 0 aromatic heterocycles. The van der Waals surface area contributed by atoms with E-state index in [0.717, 1.165) is 6.42 Å². The Morgan fingerprint density at radius 2 is 2.07 bits per heavy atom. The third-order valence-corrected chi connectivity index (χ3v) is 3.23. The smallest absolute Gasteiger partial charge is 0.0510 e. The third kappa shape index (κ3) is 2.80. The maximum Gasteiger partial charge on any atom is 0.0510 e. The fourth-order valence-electron chi connectivity index (χ4n) is 1.83. The topological polar surface area (TPSA) is 38.0 Å². The molecule has 1 rings (SSSR count). The first-order chi connectivity index (χ1) is 7.01. The van der Waals surface area contributed by atoms with E-state index in [0.29, 0.717) is 0 Å². The molecular formula is C13H22N2. The van der Waals surface area contributed by atoms with Crippen LogP contribution in [-0.2, 0) is 0 Å². The maximum absolute atomic E-state index is 5.67. The van der Waals surface area contributed by atoms with Gasteiger partial charge in [0, 0.05) is 0 Å². The van der Waals surface area contributed by atoms with Gasteiger partial charge in [-0.2, -0.15) is 0 Å². The van der Waals surface area contributed by atoms with Gasteiger partial charge in [0.15, 0.2) is 0 Å². The van der Waals surface area contributed by atoms with Crippen molar-refractivity contribution in [2.24, 2.45) is 11.3 Å². The summed E-state index contributed by atoms with van der Waals surface area (Å²) in [4.78, 5) is 0. The van der Waals surface area contributed by atoms with E-state index in [4.69, 9.17) is 5.84 Å². The molecule has 2 heteroatoms. The summed E-state index contributed by atoms with van der Waals surface area (Å²) in [7, 11) is 0. The van der Waals surface area contributed by atoms with Crippen LogP contribution in [0.4, 0.5) is 0 Å². The fourth-order valence-corrected chi connectivity index (χ4v) is 1.83. The molecule has 0 fully saturated rings. The van der Waals surface area contributed by atoms with Crippen LogP contribution in [0.5, 0.6) is 0 Å². The molecule has 15 heavy (non-hydrogen) atoms. The van der Waals surface area contributed by atoms with Crippen molar-refractivity contribution in [1.82, 2.24) is 5.43 Å². The first kappa shape index (κ1) is 12.2. The highest BCUT2D eigenvalue weighted by Gasteiger charge is 2.27. The zero-order chi connectivity index (χ0) is 11.5. The number of nitrogens with two attached hydrogens (primary N) is 1. The van der Waals surface area contributed by atoms with Crippen LogP contribution in [0.3, 0.4) is 0 Å². The van der Waals surface area contributed by atoms with E-state index in [-0.39, 0.29) is 11.5 Å². The summed E-state index contributed by atoms with van der Waals surface area (Å²) in [5.41, 5.74) is 5.65. The number of hydrazine groups is 1. The van der Waals surface area contributed by atoms with Gasteiger partial charge >= 0.3 is 0 Å². The zero-order valence-electron chi connectivity index (χ0n) is 10.2. The lowest BCUT2D eigenvalue weighted by atomic mass is 9.78. The fraction of sp³-hybridized carbons (Fsp3) is 0.538. The lowest BCUT2D eigenvalue weighted by Crippen LogP contribution is -2.38. The predicted molar refractivity (Wildman–Crippen MR) is 65.3 cm³/mol. The summed E-state index contributed by atoms with van der Waals surface area (Å²) in [5, 5.41) is 0. The Bertz CT molecular complexity index is 318. The molecule has 0 aliphatic heterocycles. The van der Waals surface area contributed by atoms with E-state index in [1.54, 1.807) is 0 Å². The summed E-state index contributed by atoms with van der Waals surface area (Å²) in [6.45, 7) is 8.77. The second kappa shape index (κ2) is 4.77. The number of hydrogen-bond acceptors (Lipinski definition) is 2. The Kier molecular flexibility index (Phi) is 3.89. The molecule has 84 valence electrons. The molecule has 0 aliphatic rings. The Balaban J connectivity index is 3.02. The molecule has 0 heterocycles. The molecule has 0 amide bonds. The summed E-state index contributed by atoms with van der Waals surface area (Å²) in [5.74, 6) is 5.67. The van der Waals surface area contributed by atoms with Crippen molar-refractivity contribution >= 4 is 0 Å². The van der Waals surface area contributed by atoms with E-state index in [2.05, 4.69) is 57.4 Å². The van der Waals surface area contributed by atoms with E-state index in [1.807, 2.05) is 0 Å². The van der Waals surface area contributed by atoms with Crippen LogP contribution < -0.4 is 11.3 Å². The normalized spacial score (nSPS) is 13.9. The van der Waals surface area contributed by atoms with E-state index < -0.39 is 0 Å². The van der Waals surface area contributed by atoms with Gasteiger partial charge in [-0.05, 0) is 24.3 Å². The highest BCUT2D eigenvalue weighted by molar-refractivity contribution is 5.26. The van der Waals surface area contributed by atoms with Crippen molar-refractivity contribution in [2.45, 2.75) is 40.2 Å². The van der Waals surface area contributed by atoms with Crippen LogP contribution in [-0.4, -0.2) is 0 Å². The van der Waals surface area contributed by atoms with Gasteiger partial charge in [0.1, 0.15) is 0 Å². The van der Waals surface area contributed by atoms with Crippen molar-refractivity contribution in [3.63, 3.8) is 0 Å². The molecule has 1 aromatic carbocycles. The van der Waals surface area contributed by atoms with Gasteiger partial charge in [-0.3, -0.25) is 11.3 Å². The van der Waals surface area contributed by atoms with Crippen molar-refractivity contribution in [2.75, 3.05) is 0 Å². The number of aryl methyl sites for hydroxylation is 1. The Morgan fingerprint density at radius 1 is 1.40 bits per heavy atom. The highest BCUT2D eigenvalue weighted by atomic mass is 15.2. The van der Waals surface area contributed by atoms with Crippen LogP contribution in [0.15, 0.2) is 24.3 Å². The monoisotopic (exact) mass is 206 g/mol. The molecule has 0 bridgehead atoms. The largest absolute Gasteiger partial charge is 0.271 e. The lowest BCUT2D eigenvalue weighted by Gasteiger charge is -2.33. The summed E-state index contributed by atoms with van der Waals surface area (Å²) >= 11 is 0. The second-order valence-electron chi connectivity index (χ2n) is 4.86. The molecule has 0 saturated carbocycles. The van der Waals surface area contributed by atoms with E-state index in [1.165, 1.54) is 11.1 Å².